The van der Waals surface area contributed by atoms with E-state index in [0.29, 0.717) is 17.7 Å². The van der Waals surface area contributed by atoms with Crippen LogP contribution in [-0.2, 0) is 16.9 Å². The lowest BCUT2D eigenvalue weighted by Gasteiger charge is -2.28. The Bertz CT molecular complexity index is 612. The van der Waals surface area contributed by atoms with E-state index < -0.39 is 11.4 Å². The highest BCUT2D eigenvalue weighted by Gasteiger charge is 2.33. The van der Waals surface area contributed by atoms with Crippen LogP contribution in [0.3, 0.4) is 0 Å². The molecule has 1 amide bonds. The molecule has 0 bridgehead atoms. The van der Waals surface area contributed by atoms with Gasteiger partial charge in [-0.05, 0) is 42.5 Å². The molecule has 0 aliphatic heterocycles. The van der Waals surface area contributed by atoms with E-state index in [2.05, 4.69) is 5.32 Å². The number of carbonyl (C=O) groups is 1. The van der Waals surface area contributed by atoms with Gasteiger partial charge in [-0.3, -0.25) is 10.1 Å². The molecule has 0 saturated heterocycles. The minimum Gasteiger partial charge on any atom is -0.368 e. The molecule has 0 saturated carbocycles. The van der Waals surface area contributed by atoms with Crippen LogP contribution in [0.1, 0.15) is 22.9 Å². The number of benzene rings is 1. The van der Waals surface area contributed by atoms with Crippen molar-refractivity contribution in [3.05, 3.63) is 57.5 Å². The lowest BCUT2D eigenvalue weighted by atomic mass is 9.90. The standard InChI is InChI=1S/C15H17FN2OS/c1-10-5-6-11(8-13(10)16)15(2,14(17)19)18-9-12-4-3-7-20-12/h3-8,18H,9H2,1-2H3,(H2,17,19). The van der Waals surface area contributed by atoms with Crippen LogP contribution in [-0.4, -0.2) is 5.91 Å². The topological polar surface area (TPSA) is 55.1 Å². The molecule has 3 N–H and O–H groups in total. The molecule has 1 aromatic carbocycles. The van der Waals surface area contributed by atoms with Crippen LogP contribution >= 0.6 is 11.3 Å². The molecule has 5 heteroatoms. The van der Waals surface area contributed by atoms with Crippen molar-refractivity contribution in [1.29, 1.82) is 0 Å². The molecule has 0 aliphatic carbocycles. The molecule has 106 valence electrons. The minimum absolute atomic E-state index is 0.340. The third-order valence-corrected chi connectivity index (χ3v) is 4.31. The van der Waals surface area contributed by atoms with Crippen LogP contribution in [0.15, 0.2) is 35.7 Å². The monoisotopic (exact) mass is 292 g/mol. The third-order valence-electron chi connectivity index (χ3n) is 3.44. The number of nitrogens with two attached hydrogens (primary N) is 1. The van der Waals surface area contributed by atoms with Crippen molar-refractivity contribution in [1.82, 2.24) is 5.32 Å². The van der Waals surface area contributed by atoms with Gasteiger partial charge in [-0.1, -0.05) is 18.2 Å². The van der Waals surface area contributed by atoms with Crippen molar-refractivity contribution in [2.45, 2.75) is 25.9 Å². The van der Waals surface area contributed by atoms with Crippen LogP contribution in [0.25, 0.3) is 0 Å². The summed E-state index contributed by atoms with van der Waals surface area (Å²) in [5.74, 6) is -0.870. The summed E-state index contributed by atoms with van der Waals surface area (Å²) >= 11 is 1.59. The Balaban J connectivity index is 2.28. The van der Waals surface area contributed by atoms with Gasteiger partial charge in [-0.2, -0.15) is 0 Å². The lowest BCUT2D eigenvalue weighted by molar-refractivity contribution is -0.124. The Hall–Kier alpha value is -1.72. The third kappa shape index (κ3) is 2.89. The molecular weight excluding hydrogens is 275 g/mol. The van der Waals surface area contributed by atoms with Gasteiger partial charge in [-0.25, -0.2) is 4.39 Å². The molecule has 0 radical (unpaired) electrons. The summed E-state index contributed by atoms with van der Waals surface area (Å²) in [7, 11) is 0. The Morgan fingerprint density at radius 1 is 1.45 bits per heavy atom. The molecule has 2 aromatic rings. The van der Waals surface area contributed by atoms with Crippen LogP contribution < -0.4 is 11.1 Å². The predicted molar refractivity (Wildman–Crippen MR) is 78.8 cm³/mol. The molecule has 0 aliphatic rings. The summed E-state index contributed by atoms with van der Waals surface area (Å²) < 4.78 is 13.7. The first-order valence-electron chi connectivity index (χ1n) is 6.27. The van der Waals surface area contributed by atoms with Crippen LogP contribution in [0, 0.1) is 12.7 Å². The van der Waals surface area contributed by atoms with Crippen molar-refractivity contribution in [2.75, 3.05) is 0 Å². The quantitative estimate of drug-likeness (QED) is 0.890. The summed E-state index contributed by atoms with van der Waals surface area (Å²) in [5, 5.41) is 5.09. The normalized spacial score (nSPS) is 13.9. The van der Waals surface area contributed by atoms with Gasteiger partial charge >= 0.3 is 0 Å². The highest BCUT2D eigenvalue weighted by molar-refractivity contribution is 7.09. The van der Waals surface area contributed by atoms with Gasteiger partial charge in [0.05, 0.1) is 0 Å². The Morgan fingerprint density at radius 2 is 2.20 bits per heavy atom. The molecule has 20 heavy (non-hydrogen) atoms. The van der Waals surface area contributed by atoms with E-state index in [1.807, 2.05) is 17.5 Å². The van der Waals surface area contributed by atoms with Crippen LogP contribution in [0.2, 0.25) is 0 Å². The van der Waals surface area contributed by atoms with Crippen LogP contribution in [0.5, 0.6) is 0 Å². The Labute approximate surface area is 121 Å². The second-order valence-corrected chi connectivity index (χ2v) is 5.92. The van der Waals surface area contributed by atoms with Gasteiger partial charge in [0.25, 0.3) is 0 Å². The zero-order chi connectivity index (χ0) is 14.8. The summed E-state index contributed by atoms with van der Waals surface area (Å²) in [5.41, 5.74) is 5.48. The van der Waals surface area contributed by atoms with E-state index in [1.54, 1.807) is 37.3 Å². The number of thiophene rings is 1. The molecule has 1 unspecified atom stereocenters. The maximum atomic E-state index is 13.7. The lowest BCUT2D eigenvalue weighted by Crippen LogP contribution is -2.50. The summed E-state index contributed by atoms with van der Waals surface area (Å²) in [4.78, 5) is 12.9. The first kappa shape index (κ1) is 14.7. The number of amides is 1. The zero-order valence-electron chi connectivity index (χ0n) is 11.4. The number of halogens is 1. The summed E-state index contributed by atoms with van der Waals surface area (Å²) in [6, 6.07) is 8.65. The number of hydrogen-bond acceptors (Lipinski definition) is 3. The highest BCUT2D eigenvalue weighted by Crippen LogP contribution is 2.24. The van der Waals surface area contributed by atoms with Crippen molar-refractivity contribution in [3.8, 4) is 0 Å². The first-order chi connectivity index (χ1) is 9.43. The molecule has 1 heterocycles. The van der Waals surface area contributed by atoms with Crippen molar-refractivity contribution in [2.24, 2.45) is 5.73 Å². The van der Waals surface area contributed by atoms with E-state index in [-0.39, 0.29) is 5.82 Å². The SMILES string of the molecule is Cc1ccc(C(C)(NCc2cccs2)C(N)=O)cc1F. The highest BCUT2D eigenvalue weighted by atomic mass is 32.1. The van der Waals surface area contributed by atoms with Crippen molar-refractivity contribution >= 4 is 17.2 Å². The number of nitrogens with one attached hydrogen (secondary N) is 1. The summed E-state index contributed by atoms with van der Waals surface area (Å²) in [6.45, 7) is 3.86. The molecule has 3 nitrogen and oxygen atoms in total. The molecule has 1 aromatic heterocycles. The Morgan fingerprint density at radius 3 is 2.75 bits per heavy atom. The Kier molecular flexibility index (Phi) is 4.20. The van der Waals surface area contributed by atoms with E-state index in [1.165, 1.54) is 6.07 Å². The second-order valence-electron chi connectivity index (χ2n) is 4.89. The smallest absolute Gasteiger partial charge is 0.242 e. The first-order valence-corrected chi connectivity index (χ1v) is 7.15. The van der Waals surface area contributed by atoms with E-state index in [9.17, 15) is 9.18 Å². The predicted octanol–water partition coefficient (Wildman–Crippen LogP) is 2.69. The fourth-order valence-corrected chi connectivity index (χ4v) is 2.56. The van der Waals surface area contributed by atoms with Crippen molar-refractivity contribution < 1.29 is 9.18 Å². The van der Waals surface area contributed by atoms with Gasteiger partial charge in [0.15, 0.2) is 0 Å². The molecule has 0 fully saturated rings. The fraction of sp³-hybridized carbons (Fsp3) is 0.267. The average molecular weight is 292 g/mol. The number of carbonyl (C=O) groups excluding carboxylic acids is 1. The van der Waals surface area contributed by atoms with Crippen molar-refractivity contribution in [3.63, 3.8) is 0 Å². The van der Waals surface area contributed by atoms with Gasteiger partial charge < -0.3 is 5.73 Å². The maximum Gasteiger partial charge on any atom is 0.242 e. The number of aryl methyl sites for hydroxylation is 1. The molecule has 0 spiro atoms. The summed E-state index contributed by atoms with van der Waals surface area (Å²) in [6.07, 6.45) is 0. The largest absolute Gasteiger partial charge is 0.368 e. The van der Waals surface area contributed by atoms with E-state index >= 15 is 0 Å². The minimum atomic E-state index is -1.10. The molecular formula is C15H17FN2OS. The number of rotatable bonds is 5. The van der Waals surface area contributed by atoms with Gasteiger partial charge in [0.1, 0.15) is 11.4 Å². The fourth-order valence-electron chi connectivity index (χ4n) is 1.91. The van der Waals surface area contributed by atoms with Gasteiger partial charge in [-0.15, -0.1) is 11.3 Å². The molecule has 2 rings (SSSR count). The zero-order valence-corrected chi connectivity index (χ0v) is 12.3. The maximum absolute atomic E-state index is 13.7. The van der Waals surface area contributed by atoms with E-state index in [0.717, 1.165) is 4.88 Å². The average Bonchev–Trinajstić information content (AvgIpc) is 2.92. The van der Waals surface area contributed by atoms with Gasteiger partial charge in [0.2, 0.25) is 5.91 Å². The van der Waals surface area contributed by atoms with E-state index in [4.69, 9.17) is 5.73 Å². The second kappa shape index (κ2) is 5.73. The number of hydrogen-bond donors (Lipinski definition) is 2. The van der Waals surface area contributed by atoms with Crippen LogP contribution in [0.4, 0.5) is 4.39 Å². The van der Waals surface area contributed by atoms with Gasteiger partial charge in [0, 0.05) is 11.4 Å². The number of primary amides is 1. The molecule has 1 atom stereocenters.